The van der Waals surface area contributed by atoms with Crippen LogP contribution in [0.2, 0.25) is 0 Å². The van der Waals surface area contributed by atoms with Crippen molar-refractivity contribution in [1.29, 1.82) is 0 Å². The first-order chi connectivity index (χ1) is 9.92. The van der Waals surface area contributed by atoms with Crippen LogP contribution in [0, 0.1) is 6.92 Å². The van der Waals surface area contributed by atoms with E-state index >= 15 is 0 Å². The van der Waals surface area contributed by atoms with Crippen LogP contribution in [0.5, 0.6) is 5.75 Å². The average Bonchev–Trinajstić information content (AvgIpc) is 2.77. The molecule has 0 aliphatic heterocycles. The average molecular weight is 328 g/mol. The lowest BCUT2D eigenvalue weighted by atomic mass is 10.3. The molecule has 0 aliphatic rings. The maximum Gasteiger partial charge on any atom is 0.306 e. The molecule has 114 valence electrons. The van der Waals surface area contributed by atoms with Crippen LogP contribution in [-0.2, 0) is 10.0 Å². The minimum atomic E-state index is -3.76. The minimum Gasteiger partial charge on any atom is -0.494 e. The number of aryl methyl sites for hydroxylation is 1. The number of anilines is 1. The van der Waals surface area contributed by atoms with Crippen molar-refractivity contribution >= 4 is 27.0 Å². The number of hydrogen-bond acceptors (Lipinski definition) is 5. The van der Waals surface area contributed by atoms with Gasteiger partial charge in [-0.2, -0.15) is 0 Å². The smallest absolute Gasteiger partial charge is 0.306 e. The molecule has 0 saturated carbocycles. The summed E-state index contributed by atoms with van der Waals surface area (Å²) in [5.74, 6) is 0.683. The van der Waals surface area contributed by atoms with E-state index in [4.69, 9.17) is 4.74 Å². The zero-order valence-corrected chi connectivity index (χ0v) is 13.3. The molecular formula is C13H16N2O4S2. The van der Waals surface area contributed by atoms with Gasteiger partial charge in [-0.1, -0.05) is 18.3 Å². The summed E-state index contributed by atoms with van der Waals surface area (Å²) in [6, 6.07) is 6.63. The highest BCUT2D eigenvalue weighted by molar-refractivity contribution is 7.94. The van der Waals surface area contributed by atoms with Crippen LogP contribution >= 0.6 is 11.3 Å². The third-order valence-corrected chi connectivity index (χ3v) is 5.59. The predicted molar refractivity (Wildman–Crippen MR) is 82.7 cm³/mol. The number of sulfonamides is 1. The Morgan fingerprint density at radius 2 is 1.95 bits per heavy atom. The van der Waals surface area contributed by atoms with E-state index in [-0.39, 0.29) is 4.21 Å². The molecule has 1 aromatic heterocycles. The number of rotatable bonds is 6. The third kappa shape index (κ3) is 3.85. The van der Waals surface area contributed by atoms with E-state index in [0.717, 1.165) is 6.42 Å². The van der Waals surface area contributed by atoms with E-state index in [2.05, 4.69) is 9.71 Å². The number of nitrogens with one attached hydrogen (secondary N) is 2. The van der Waals surface area contributed by atoms with Crippen molar-refractivity contribution in [3.63, 3.8) is 0 Å². The Labute approximate surface area is 126 Å². The van der Waals surface area contributed by atoms with Crippen LogP contribution in [0.1, 0.15) is 19.0 Å². The fraction of sp³-hybridized carbons (Fsp3) is 0.308. The Bertz CT molecular complexity index is 760. The predicted octanol–water partition coefficient (Wildman–Crippen LogP) is 2.33. The number of hydrogen-bond donors (Lipinski definition) is 2. The van der Waals surface area contributed by atoms with Gasteiger partial charge in [0.1, 0.15) is 5.75 Å². The molecule has 21 heavy (non-hydrogen) atoms. The molecule has 0 aliphatic carbocycles. The number of aromatic amines is 1. The van der Waals surface area contributed by atoms with Gasteiger partial charge in [0.25, 0.3) is 10.0 Å². The molecule has 1 aromatic carbocycles. The van der Waals surface area contributed by atoms with E-state index in [1.165, 1.54) is 0 Å². The monoisotopic (exact) mass is 328 g/mol. The molecule has 2 N–H and O–H groups in total. The largest absolute Gasteiger partial charge is 0.494 e. The third-order valence-electron chi connectivity index (χ3n) is 2.60. The maximum atomic E-state index is 12.2. The molecule has 0 atom stereocenters. The lowest BCUT2D eigenvalue weighted by molar-refractivity contribution is 0.317. The van der Waals surface area contributed by atoms with Gasteiger partial charge in [0.2, 0.25) is 0 Å². The summed E-state index contributed by atoms with van der Waals surface area (Å²) in [5.41, 5.74) is 0.750. The van der Waals surface area contributed by atoms with Crippen molar-refractivity contribution in [2.24, 2.45) is 0 Å². The summed E-state index contributed by atoms with van der Waals surface area (Å²) >= 11 is 0.669. The summed E-state index contributed by atoms with van der Waals surface area (Å²) in [5, 5.41) is 0. The van der Waals surface area contributed by atoms with E-state index < -0.39 is 14.9 Å². The first-order valence-electron chi connectivity index (χ1n) is 6.38. The fourth-order valence-corrected chi connectivity index (χ4v) is 4.05. The van der Waals surface area contributed by atoms with E-state index in [1.807, 2.05) is 6.92 Å². The number of aromatic nitrogens is 1. The highest BCUT2D eigenvalue weighted by Crippen LogP contribution is 2.22. The topological polar surface area (TPSA) is 88.3 Å². The summed E-state index contributed by atoms with van der Waals surface area (Å²) in [4.78, 5) is 13.3. The first-order valence-corrected chi connectivity index (χ1v) is 8.67. The number of H-pyrrole nitrogens is 1. The summed E-state index contributed by atoms with van der Waals surface area (Å²) < 4.78 is 32.3. The lowest BCUT2D eigenvalue weighted by Crippen LogP contribution is -2.12. The maximum absolute atomic E-state index is 12.2. The molecule has 0 unspecified atom stereocenters. The van der Waals surface area contributed by atoms with Crippen molar-refractivity contribution < 1.29 is 13.2 Å². The van der Waals surface area contributed by atoms with Gasteiger partial charge in [-0.05, 0) is 37.6 Å². The fourth-order valence-electron chi connectivity index (χ4n) is 1.69. The van der Waals surface area contributed by atoms with Crippen LogP contribution in [0.25, 0.3) is 0 Å². The first kappa shape index (κ1) is 15.6. The van der Waals surface area contributed by atoms with Gasteiger partial charge in [0, 0.05) is 11.4 Å². The second-order valence-corrected chi connectivity index (χ2v) is 7.27. The van der Waals surface area contributed by atoms with Crippen molar-refractivity contribution in [2.45, 2.75) is 24.5 Å². The lowest BCUT2D eigenvalue weighted by Gasteiger charge is -2.08. The molecule has 0 fully saturated rings. The second-order valence-electron chi connectivity index (χ2n) is 4.41. The Hall–Kier alpha value is -1.80. The zero-order valence-electron chi connectivity index (χ0n) is 11.7. The van der Waals surface area contributed by atoms with Crippen LogP contribution in [0.15, 0.2) is 33.3 Å². The summed E-state index contributed by atoms with van der Waals surface area (Å²) in [6.07, 6.45) is 0.903. The highest BCUT2D eigenvalue weighted by Gasteiger charge is 2.20. The zero-order chi connectivity index (χ0) is 15.5. The molecule has 8 heteroatoms. The molecule has 1 heterocycles. The van der Waals surface area contributed by atoms with Gasteiger partial charge in [-0.25, -0.2) is 8.42 Å². The molecule has 0 radical (unpaired) electrons. The van der Waals surface area contributed by atoms with Gasteiger partial charge in [-0.3, -0.25) is 9.52 Å². The molecule has 2 aromatic rings. The van der Waals surface area contributed by atoms with Gasteiger partial charge in [0.15, 0.2) is 4.21 Å². The molecule has 0 amide bonds. The standard InChI is InChI=1S/C13H16N2O4S2/c1-3-8-19-11-6-4-10(5-7-11)15-21(17,18)12-9(2)14-13(16)20-12/h4-7,15H,3,8H2,1-2H3,(H,14,16). The Morgan fingerprint density at radius 3 is 2.48 bits per heavy atom. The number of thiazole rings is 1. The molecular weight excluding hydrogens is 312 g/mol. The summed E-state index contributed by atoms with van der Waals surface area (Å²) in [6.45, 7) is 4.17. The quantitative estimate of drug-likeness (QED) is 0.852. The molecule has 0 bridgehead atoms. The molecule has 6 nitrogen and oxygen atoms in total. The number of ether oxygens (including phenoxy) is 1. The SMILES string of the molecule is CCCOc1ccc(NS(=O)(=O)c2sc(=O)[nH]c2C)cc1. The van der Waals surface area contributed by atoms with Gasteiger partial charge in [-0.15, -0.1) is 0 Å². The van der Waals surface area contributed by atoms with Crippen molar-refractivity contribution in [2.75, 3.05) is 11.3 Å². The van der Waals surface area contributed by atoms with E-state index in [1.54, 1.807) is 31.2 Å². The second kappa shape index (κ2) is 6.31. The highest BCUT2D eigenvalue weighted by atomic mass is 32.2. The number of benzene rings is 1. The molecule has 2 rings (SSSR count). The van der Waals surface area contributed by atoms with Gasteiger partial charge in [0.05, 0.1) is 6.61 Å². The van der Waals surface area contributed by atoms with Crippen molar-refractivity contribution in [3.05, 3.63) is 39.6 Å². The summed E-state index contributed by atoms with van der Waals surface area (Å²) in [7, 11) is -3.76. The van der Waals surface area contributed by atoms with E-state index in [9.17, 15) is 13.2 Å². The van der Waals surface area contributed by atoms with Crippen LogP contribution in [-0.4, -0.2) is 20.0 Å². The van der Waals surface area contributed by atoms with Crippen molar-refractivity contribution in [3.8, 4) is 5.75 Å². The van der Waals surface area contributed by atoms with Crippen LogP contribution in [0.3, 0.4) is 0 Å². The van der Waals surface area contributed by atoms with Crippen molar-refractivity contribution in [1.82, 2.24) is 4.98 Å². The molecule has 0 saturated heterocycles. The van der Waals surface area contributed by atoms with Crippen LogP contribution < -0.4 is 14.3 Å². The Morgan fingerprint density at radius 1 is 1.29 bits per heavy atom. The Balaban J connectivity index is 2.17. The van der Waals surface area contributed by atoms with Crippen LogP contribution in [0.4, 0.5) is 5.69 Å². The minimum absolute atomic E-state index is 0.00110. The normalized spacial score (nSPS) is 11.3. The Kier molecular flexibility index (Phi) is 4.69. The van der Waals surface area contributed by atoms with E-state index in [0.29, 0.717) is 35.1 Å². The van der Waals surface area contributed by atoms with Gasteiger partial charge >= 0.3 is 4.87 Å². The molecule has 0 spiro atoms. The van der Waals surface area contributed by atoms with Gasteiger partial charge < -0.3 is 9.72 Å².